The van der Waals surface area contributed by atoms with Crippen LogP contribution in [0.5, 0.6) is 5.75 Å². The molecule has 2 heteroatoms. The van der Waals surface area contributed by atoms with Gasteiger partial charge in [0.1, 0.15) is 11.9 Å². The predicted molar refractivity (Wildman–Crippen MR) is 80.1 cm³/mol. The zero-order valence-electron chi connectivity index (χ0n) is 11.9. The minimum atomic E-state index is 0.260. The number of halogens is 1. The third-order valence-electron chi connectivity index (χ3n) is 5.29. The Kier molecular flexibility index (Phi) is 3.51. The lowest BCUT2D eigenvalue weighted by Crippen LogP contribution is -2.58. The molecule has 1 aromatic carbocycles. The molecule has 2 aliphatic rings. The minimum Gasteiger partial charge on any atom is -0.489 e. The van der Waals surface area contributed by atoms with Crippen LogP contribution in [0.2, 0.25) is 0 Å². The van der Waals surface area contributed by atoms with E-state index in [0.29, 0.717) is 11.5 Å². The topological polar surface area (TPSA) is 9.23 Å². The third-order valence-corrected chi connectivity index (χ3v) is 5.91. The van der Waals surface area contributed by atoms with E-state index in [0.717, 1.165) is 12.2 Å². The van der Waals surface area contributed by atoms with Gasteiger partial charge in [-0.1, -0.05) is 31.4 Å². The van der Waals surface area contributed by atoms with E-state index in [9.17, 15) is 0 Å². The van der Waals surface area contributed by atoms with Crippen LogP contribution in [0.1, 0.15) is 49.7 Å². The lowest BCUT2D eigenvalue weighted by Gasteiger charge is -2.55. The molecule has 0 N–H and O–H groups in total. The van der Waals surface area contributed by atoms with Crippen LogP contribution in [0.15, 0.2) is 18.2 Å². The van der Waals surface area contributed by atoms with Gasteiger partial charge in [-0.2, -0.15) is 0 Å². The molecule has 104 valence electrons. The van der Waals surface area contributed by atoms with Crippen LogP contribution >= 0.6 is 11.6 Å². The molecule has 0 aromatic heterocycles. The van der Waals surface area contributed by atoms with Crippen LogP contribution < -0.4 is 4.74 Å². The Morgan fingerprint density at radius 2 is 1.89 bits per heavy atom. The Hall–Kier alpha value is -0.690. The molecule has 19 heavy (non-hydrogen) atoms. The highest BCUT2D eigenvalue weighted by atomic mass is 35.5. The number of hydrogen-bond acceptors (Lipinski definition) is 1. The van der Waals surface area contributed by atoms with Gasteiger partial charge in [-0.3, -0.25) is 0 Å². The van der Waals surface area contributed by atoms with Crippen molar-refractivity contribution in [3.8, 4) is 5.75 Å². The van der Waals surface area contributed by atoms with Gasteiger partial charge in [0.25, 0.3) is 0 Å². The van der Waals surface area contributed by atoms with Crippen molar-refractivity contribution in [1.82, 2.24) is 0 Å². The second-order valence-corrected chi connectivity index (χ2v) is 6.83. The summed E-state index contributed by atoms with van der Waals surface area (Å²) in [6, 6.07) is 6.33. The molecule has 1 spiro atoms. The average molecular weight is 279 g/mol. The molecule has 3 rings (SSSR count). The van der Waals surface area contributed by atoms with Gasteiger partial charge in [0.2, 0.25) is 0 Å². The Morgan fingerprint density at radius 3 is 2.58 bits per heavy atom. The van der Waals surface area contributed by atoms with Gasteiger partial charge in [0.15, 0.2) is 0 Å². The number of alkyl halides is 1. The molecule has 2 fully saturated rings. The monoisotopic (exact) mass is 278 g/mol. The van der Waals surface area contributed by atoms with E-state index in [1.165, 1.54) is 43.2 Å². The summed E-state index contributed by atoms with van der Waals surface area (Å²) >= 11 is 6.54. The number of rotatable bonds is 2. The highest BCUT2D eigenvalue weighted by Crippen LogP contribution is 2.55. The summed E-state index contributed by atoms with van der Waals surface area (Å²) in [5, 5.41) is 0.322. The molecule has 2 unspecified atom stereocenters. The molecule has 0 amide bonds. The van der Waals surface area contributed by atoms with E-state index in [4.69, 9.17) is 16.3 Å². The van der Waals surface area contributed by atoms with Gasteiger partial charge < -0.3 is 4.74 Å². The van der Waals surface area contributed by atoms with Crippen molar-refractivity contribution in [2.45, 2.75) is 63.9 Å². The normalized spacial score (nSPS) is 29.0. The first-order valence-electron chi connectivity index (χ1n) is 7.50. The highest BCUT2D eigenvalue weighted by molar-refractivity contribution is 6.21. The summed E-state index contributed by atoms with van der Waals surface area (Å²) in [5.41, 5.74) is 2.83. The van der Waals surface area contributed by atoms with Crippen LogP contribution in [0.3, 0.4) is 0 Å². The molecular weight excluding hydrogens is 256 g/mol. The van der Waals surface area contributed by atoms with Crippen molar-refractivity contribution < 1.29 is 4.74 Å². The van der Waals surface area contributed by atoms with Gasteiger partial charge in [-0.15, -0.1) is 11.6 Å². The Balaban J connectivity index is 1.78. The first-order valence-corrected chi connectivity index (χ1v) is 7.94. The fourth-order valence-electron chi connectivity index (χ4n) is 3.71. The molecule has 0 aliphatic heterocycles. The quantitative estimate of drug-likeness (QED) is 0.691. The molecule has 2 saturated carbocycles. The Morgan fingerprint density at radius 1 is 1.16 bits per heavy atom. The highest BCUT2D eigenvalue weighted by Gasteiger charge is 2.55. The smallest absolute Gasteiger partial charge is 0.122 e. The first-order chi connectivity index (χ1) is 9.13. The lowest BCUT2D eigenvalue weighted by atomic mass is 9.58. The van der Waals surface area contributed by atoms with Crippen LogP contribution in [-0.2, 0) is 0 Å². The molecular formula is C17H23ClO. The number of ether oxygens (including phenoxy) is 1. The van der Waals surface area contributed by atoms with Crippen molar-refractivity contribution in [1.29, 1.82) is 0 Å². The molecule has 0 bridgehead atoms. The van der Waals surface area contributed by atoms with E-state index < -0.39 is 0 Å². The molecule has 1 nitrogen and oxygen atoms in total. The second-order valence-electron chi connectivity index (χ2n) is 6.30. The van der Waals surface area contributed by atoms with E-state index >= 15 is 0 Å². The lowest BCUT2D eigenvalue weighted by molar-refractivity contribution is -0.0653. The van der Waals surface area contributed by atoms with Gasteiger partial charge in [-0.25, -0.2) is 0 Å². The van der Waals surface area contributed by atoms with Crippen LogP contribution in [0.4, 0.5) is 0 Å². The van der Waals surface area contributed by atoms with Crippen LogP contribution in [0.25, 0.3) is 0 Å². The maximum atomic E-state index is 6.54. The Labute approximate surface area is 121 Å². The van der Waals surface area contributed by atoms with E-state index in [1.807, 2.05) is 0 Å². The molecule has 2 aliphatic carbocycles. The largest absolute Gasteiger partial charge is 0.489 e. The predicted octanol–water partition coefficient (Wildman–Crippen LogP) is 5.01. The maximum Gasteiger partial charge on any atom is 0.122 e. The molecule has 0 heterocycles. The zero-order chi connectivity index (χ0) is 13.5. The Bertz CT molecular complexity index is 462. The fraction of sp³-hybridized carbons (Fsp3) is 0.647. The van der Waals surface area contributed by atoms with E-state index in [1.54, 1.807) is 0 Å². The molecule has 2 atom stereocenters. The maximum absolute atomic E-state index is 6.54. The van der Waals surface area contributed by atoms with Crippen molar-refractivity contribution >= 4 is 11.6 Å². The van der Waals surface area contributed by atoms with Crippen LogP contribution in [-0.4, -0.2) is 11.5 Å². The molecule has 0 saturated heterocycles. The minimum absolute atomic E-state index is 0.260. The standard InChI is InChI=1S/C17H23ClO/c1-12-7-6-8-14(13(12)2)19-16-11-15(18)17(16)9-4-3-5-10-17/h6-8,15-16H,3-5,9-11H2,1-2H3. The van der Waals surface area contributed by atoms with Gasteiger partial charge in [0.05, 0.1) is 0 Å². The first kappa shape index (κ1) is 13.3. The van der Waals surface area contributed by atoms with Crippen molar-refractivity contribution in [2.24, 2.45) is 5.41 Å². The summed E-state index contributed by atoms with van der Waals surface area (Å²) in [5.74, 6) is 1.05. The zero-order valence-corrected chi connectivity index (χ0v) is 12.7. The van der Waals surface area contributed by atoms with E-state index in [2.05, 4.69) is 32.0 Å². The summed E-state index contributed by atoms with van der Waals surface area (Å²) in [6.45, 7) is 4.29. The summed E-state index contributed by atoms with van der Waals surface area (Å²) < 4.78 is 6.34. The molecule has 1 aromatic rings. The number of aryl methyl sites for hydroxylation is 1. The van der Waals surface area contributed by atoms with E-state index in [-0.39, 0.29) is 5.41 Å². The van der Waals surface area contributed by atoms with Gasteiger partial charge in [0, 0.05) is 17.2 Å². The van der Waals surface area contributed by atoms with Gasteiger partial charge in [-0.05, 0) is 43.9 Å². The summed E-state index contributed by atoms with van der Waals surface area (Å²) in [7, 11) is 0. The third kappa shape index (κ3) is 2.16. The van der Waals surface area contributed by atoms with Crippen molar-refractivity contribution in [2.75, 3.05) is 0 Å². The van der Waals surface area contributed by atoms with Crippen molar-refractivity contribution in [3.63, 3.8) is 0 Å². The number of benzene rings is 1. The summed E-state index contributed by atoms with van der Waals surface area (Å²) in [4.78, 5) is 0. The van der Waals surface area contributed by atoms with Gasteiger partial charge >= 0.3 is 0 Å². The SMILES string of the molecule is Cc1cccc(OC2CC(Cl)C23CCCCC3)c1C. The number of hydrogen-bond donors (Lipinski definition) is 0. The summed E-state index contributed by atoms with van der Waals surface area (Å²) in [6.07, 6.45) is 7.83. The second kappa shape index (κ2) is 5.01. The van der Waals surface area contributed by atoms with Crippen molar-refractivity contribution in [3.05, 3.63) is 29.3 Å². The van der Waals surface area contributed by atoms with Crippen LogP contribution in [0, 0.1) is 19.3 Å². The fourth-order valence-corrected chi connectivity index (χ4v) is 4.23. The average Bonchev–Trinajstić information content (AvgIpc) is 2.44. The molecule has 0 radical (unpaired) electrons.